The molecule has 0 spiro atoms. The molecule has 2 heterocycles. The summed E-state index contributed by atoms with van der Waals surface area (Å²) in [5.74, 6) is -0.668. The van der Waals surface area contributed by atoms with Crippen molar-refractivity contribution in [3.05, 3.63) is 100 Å². The molecule has 9 heteroatoms. The van der Waals surface area contributed by atoms with Crippen molar-refractivity contribution < 1.29 is 18.0 Å². The summed E-state index contributed by atoms with van der Waals surface area (Å²) in [6.45, 7) is 0.488. The Morgan fingerprint density at radius 1 is 0.889 bits per heavy atom. The van der Waals surface area contributed by atoms with E-state index in [0.717, 1.165) is 6.42 Å². The number of nitrogens with one attached hydrogen (secondary N) is 2. The van der Waals surface area contributed by atoms with E-state index < -0.39 is 15.9 Å². The lowest BCUT2D eigenvalue weighted by atomic mass is 10.00. The average Bonchev–Trinajstić information content (AvgIpc) is 3.41. The van der Waals surface area contributed by atoms with Crippen LogP contribution in [0.25, 0.3) is 11.1 Å². The topological polar surface area (TPSA) is 95.6 Å². The molecule has 3 aromatic carbocycles. The zero-order chi connectivity index (χ0) is 25.3. The Morgan fingerprint density at radius 3 is 2.47 bits per heavy atom. The van der Waals surface area contributed by atoms with Crippen LogP contribution in [-0.2, 0) is 16.4 Å². The minimum absolute atomic E-state index is 0.196. The quantitative estimate of drug-likeness (QED) is 0.385. The van der Waals surface area contributed by atoms with Crippen LogP contribution in [0.3, 0.4) is 0 Å². The van der Waals surface area contributed by atoms with Crippen molar-refractivity contribution in [3.8, 4) is 11.1 Å². The Bertz CT molecular complexity index is 1560. The Hall–Kier alpha value is -3.95. The van der Waals surface area contributed by atoms with Gasteiger partial charge in [0.05, 0.1) is 21.8 Å². The van der Waals surface area contributed by atoms with Crippen molar-refractivity contribution in [1.82, 2.24) is 5.32 Å². The van der Waals surface area contributed by atoms with Gasteiger partial charge in [0.1, 0.15) is 0 Å². The number of benzene rings is 3. The van der Waals surface area contributed by atoms with Crippen molar-refractivity contribution in [2.24, 2.45) is 0 Å². The summed E-state index contributed by atoms with van der Waals surface area (Å²) in [5.41, 5.74) is 2.81. The lowest BCUT2D eigenvalue weighted by Crippen LogP contribution is -2.30. The third-order valence-electron chi connectivity index (χ3n) is 6.07. The van der Waals surface area contributed by atoms with Crippen LogP contribution in [0, 0.1) is 0 Å². The fraction of sp³-hybridized carbons (Fsp3) is 0.111. The standard InChI is InChI=1S/C27H23N3O4S2/c1-30-24-13-12-18(17-22(24)20-8-3-5-11-25(20)36(30,33)34)26(31)29-23-10-4-2-9-21(23)27(32)28-15-14-19-7-6-16-35-19/h2-13,16-17H,14-15H2,1H3,(H,28,32)(H,29,31). The summed E-state index contributed by atoms with van der Waals surface area (Å²) in [7, 11) is -2.17. The molecule has 0 fully saturated rings. The average molecular weight is 518 g/mol. The van der Waals surface area contributed by atoms with Gasteiger partial charge < -0.3 is 10.6 Å². The first-order valence-corrected chi connectivity index (χ1v) is 13.6. The van der Waals surface area contributed by atoms with Gasteiger partial charge in [-0.25, -0.2) is 8.42 Å². The molecule has 4 aromatic rings. The van der Waals surface area contributed by atoms with Crippen LogP contribution in [0.5, 0.6) is 0 Å². The minimum Gasteiger partial charge on any atom is -0.352 e. The van der Waals surface area contributed by atoms with Gasteiger partial charge in [0.25, 0.3) is 21.8 Å². The summed E-state index contributed by atoms with van der Waals surface area (Å²) in [6.07, 6.45) is 0.735. The van der Waals surface area contributed by atoms with E-state index in [-0.39, 0.29) is 10.8 Å². The zero-order valence-electron chi connectivity index (χ0n) is 19.4. The fourth-order valence-electron chi connectivity index (χ4n) is 4.19. The SMILES string of the molecule is CN1c2ccc(C(=O)Nc3ccccc3C(=O)NCCc3cccs3)cc2-c2ccccc2S1(=O)=O. The maximum atomic E-state index is 13.2. The number of carbonyl (C=O) groups is 2. The number of anilines is 2. The second-order valence-corrected chi connectivity index (χ2v) is 11.3. The van der Waals surface area contributed by atoms with E-state index in [9.17, 15) is 18.0 Å². The Kier molecular flexibility index (Phi) is 6.34. The molecule has 0 bridgehead atoms. The smallest absolute Gasteiger partial charge is 0.264 e. The molecular formula is C27H23N3O4S2. The highest BCUT2D eigenvalue weighted by molar-refractivity contribution is 7.93. The zero-order valence-corrected chi connectivity index (χ0v) is 21.0. The number of amides is 2. The molecule has 0 atom stereocenters. The highest BCUT2D eigenvalue weighted by atomic mass is 32.2. The number of hydrogen-bond donors (Lipinski definition) is 2. The van der Waals surface area contributed by atoms with Crippen molar-refractivity contribution in [2.45, 2.75) is 11.3 Å². The predicted octanol–water partition coefficient (Wildman–Crippen LogP) is 4.78. The van der Waals surface area contributed by atoms with Crippen LogP contribution >= 0.6 is 11.3 Å². The summed E-state index contributed by atoms with van der Waals surface area (Å²) in [5, 5.41) is 7.75. The van der Waals surface area contributed by atoms with Gasteiger partial charge >= 0.3 is 0 Å². The van der Waals surface area contributed by atoms with Crippen LogP contribution in [0.4, 0.5) is 11.4 Å². The number of thiophene rings is 1. The predicted molar refractivity (Wildman–Crippen MR) is 142 cm³/mol. The molecule has 2 amide bonds. The molecule has 0 aliphatic carbocycles. The van der Waals surface area contributed by atoms with Gasteiger partial charge in [-0.2, -0.15) is 0 Å². The van der Waals surface area contributed by atoms with Crippen LogP contribution in [0.1, 0.15) is 25.6 Å². The largest absolute Gasteiger partial charge is 0.352 e. The maximum Gasteiger partial charge on any atom is 0.264 e. The van der Waals surface area contributed by atoms with E-state index in [1.165, 1.54) is 16.2 Å². The van der Waals surface area contributed by atoms with E-state index in [2.05, 4.69) is 10.6 Å². The van der Waals surface area contributed by atoms with Crippen LogP contribution in [0.15, 0.2) is 89.1 Å². The lowest BCUT2D eigenvalue weighted by molar-refractivity contribution is 0.0955. The van der Waals surface area contributed by atoms with Gasteiger partial charge in [-0.15, -0.1) is 11.3 Å². The third-order valence-corrected chi connectivity index (χ3v) is 8.84. The molecule has 7 nitrogen and oxygen atoms in total. The summed E-state index contributed by atoms with van der Waals surface area (Å²) < 4.78 is 27.0. The van der Waals surface area contributed by atoms with Gasteiger partial charge in [0.15, 0.2) is 0 Å². The number of rotatable bonds is 6. The first kappa shape index (κ1) is 23.8. The molecule has 0 radical (unpaired) electrons. The number of fused-ring (bicyclic) bond motifs is 3. The molecule has 1 aliphatic rings. The summed E-state index contributed by atoms with van der Waals surface area (Å²) in [4.78, 5) is 27.4. The van der Waals surface area contributed by atoms with E-state index >= 15 is 0 Å². The van der Waals surface area contributed by atoms with Gasteiger partial charge in [-0.05, 0) is 54.3 Å². The third kappa shape index (κ3) is 4.38. The number of sulfonamides is 1. The molecule has 0 unspecified atom stereocenters. The molecule has 1 aromatic heterocycles. The van der Waals surface area contributed by atoms with Crippen LogP contribution in [-0.4, -0.2) is 33.8 Å². The van der Waals surface area contributed by atoms with Crippen molar-refractivity contribution in [3.63, 3.8) is 0 Å². The fourth-order valence-corrected chi connectivity index (χ4v) is 6.32. The Balaban J connectivity index is 1.38. The first-order valence-electron chi connectivity index (χ1n) is 11.3. The molecule has 1 aliphatic heterocycles. The Morgan fingerprint density at radius 2 is 1.67 bits per heavy atom. The Labute approximate surface area is 213 Å². The van der Waals surface area contributed by atoms with Crippen molar-refractivity contribution >= 4 is 44.5 Å². The molecule has 2 N–H and O–H groups in total. The van der Waals surface area contributed by atoms with Crippen LogP contribution in [0.2, 0.25) is 0 Å². The van der Waals surface area contributed by atoms with Gasteiger partial charge in [-0.1, -0.05) is 36.4 Å². The van der Waals surface area contributed by atoms with Crippen molar-refractivity contribution in [1.29, 1.82) is 0 Å². The van der Waals surface area contributed by atoms with E-state index in [1.54, 1.807) is 78.1 Å². The molecule has 182 valence electrons. The summed E-state index contributed by atoms with van der Waals surface area (Å²) in [6, 6.07) is 22.5. The highest BCUT2D eigenvalue weighted by Crippen LogP contribution is 2.42. The number of nitrogens with zero attached hydrogens (tertiary/aromatic N) is 1. The van der Waals surface area contributed by atoms with E-state index in [1.807, 2.05) is 17.5 Å². The molecule has 5 rings (SSSR count). The number of para-hydroxylation sites is 1. The second kappa shape index (κ2) is 9.60. The monoisotopic (exact) mass is 517 g/mol. The maximum absolute atomic E-state index is 13.2. The second-order valence-electron chi connectivity index (χ2n) is 8.29. The minimum atomic E-state index is -3.66. The molecule has 0 saturated heterocycles. The summed E-state index contributed by atoms with van der Waals surface area (Å²) >= 11 is 1.64. The highest BCUT2D eigenvalue weighted by Gasteiger charge is 2.32. The van der Waals surface area contributed by atoms with E-state index in [0.29, 0.717) is 40.2 Å². The lowest BCUT2D eigenvalue weighted by Gasteiger charge is -2.29. The van der Waals surface area contributed by atoms with Gasteiger partial charge in [0.2, 0.25) is 0 Å². The number of hydrogen-bond acceptors (Lipinski definition) is 5. The normalized spacial score (nSPS) is 13.4. The molecule has 36 heavy (non-hydrogen) atoms. The number of carbonyl (C=O) groups excluding carboxylic acids is 2. The van der Waals surface area contributed by atoms with E-state index in [4.69, 9.17) is 0 Å². The molecule has 0 saturated carbocycles. The molecular weight excluding hydrogens is 494 g/mol. The van der Waals surface area contributed by atoms with Gasteiger partial charge in [-0.3, -0.25) is 13.9 Å². The van der Waals surface area contributed by atoms with Crippen LogP contribution < -0.4 is 14.9 Å². The van der Waals surface area contributed by atoms with Gasteiger partial charge in [0, 0.05) is 35.2 Å². The van der Waals surface area contributed by atoms with Crippen molar-refractivity contribution in [2.75, 3.05) is 23.2 Å². The first-order chi connectivity index (χ1) is 17.4.